The summed E-state index contributed by atoms with van der Waals surface area (Å²) in [5.74, 6) is 0.200. The van der Waals surface area contributed by atoms with E-state index < -0.39 is 6.09 Å². The number of carbonyl (C=O) groups excluding carboxylic acids is 2. The molecule has 0 spiro atoms. The van der Waals surface area contributed by atoms with Crippen LogP contribution in [-0.2, 0) is 4.74 Å². The number of hydrogen-bond acceptors (Lipinski definition) is 4. The van der Waals surface area contributed by atoms with Crippen LogP contribution in [0.4, 0.5) is 10.5 Å². The highest BCUT2D eigenvalue weighted by molar-refractivity contribution is 5.96. The molecule has 3 aromatic carbocycles. The van der Waals surface area contributed by atoms with Crippen molar-refractivity contribution in [2.75, 3.05) is 31.6 Å². The van der Waals surface area contributed by atoms with Crippen LogP contribution in [0.1, 0.15) is 40.2 Å². The molecule has 5 rings (SSSR count). The Hall–Kier alpha value is -3.64. The summed E-state index contributed by atoms with van der Waals surface area (Å²) >= 11 is 0. The summed E-state index contributed by atoms with van der Waals surface area (Å²) in [6, 6.07) is 23.4. The van der Waals surface area contributed by atoms with Crippen LogP contribution in [-0.4, -0.2) is 48.3 Å². The number of benzene rings is 3. The predicted molar refractivity (Wildman–Crippen MR) is 131 cm³/mol. The lowest BCUT2D eigenvalue weighted by Crippen LogP contribution is -2.39. The van der Waals surface area contributed by atoms with Crippen LogP contribution < -0.4 is 5.32 Å². The minimum absolute atomic E-state index is 0.00656. The van der Waals surface area contributed by atoms with Gasteiger partial charge >= 0.3 is 6.09 Å². The molecular weight excluding hydrogens is 428 g/mol. The van der Waals surface area contributed by atoms with Crippen LogP contribution >= 0.6 is 0 Å². The quantitative estimate of drug-likeness (QED) is 0.573. The third kappa shape index (κ3) is 4.41. The van der Waals surface area contributed by atoms with Gasteiger partial charge in [-0.25, -0.2) is 4.79 Å². The van der Waals surface area contributed by atoms with Crippen molar-refractivity contribution in [3.05, 3.63) is 89.5 Å². The van der Waals surface area contributed by atoms with Crippen LogP contribution in [0.5, 0.6) is 0 Å². The fourth-order valence-electron chi connectivity index (χ4n) is 4.98. The van der Waals surface area contributed by atoms with Crippen LogP contribution in [0.25, 0.3) is 11.1 Å². The Bertz CT molecular complexity index is 1150. The average molecular weight is 457 g/mol. The number of anilines is 1. The Morgan fingerprint density at radius 3 is 2.21 bits per heavy atom. The minimum atomic E-state index is -0.546. The van der Waals surface area contributed by atoms with Gasteiger partial charge in [-0.1, -0.05) is 54.6 Å². The molecule has 0 saturated carbocycles. The molecule has 2 aliphatic rings. The van der Waals surface area contributed by atoms with E-state index in [0.29, 0.717) is 24.3 Å². The Kier molecular flexibility index (Phi) is 6.32. The lowest BCUT2D eigenvalue weighted by Gasteiger charge is -2.31. The summed E-state index contributed by atoms with van der Waals surface area (Å²) in [5.41, 5.74) is 5.73. The molecule has 1 heterocycles. The van der Waals surface area contributed by atoms with Crippen molar-refractivity contribution in [2.45, 2.75) is 18.8 Å². The average Bonchev–Trinajstić information content (AvgIpc) is 3.21. The zero-order chi connectivity index (χ0) is 23.5. The molecule has 1 aliphatic carbocycles. The highest BCUT2D eigenvalue weighted by Crippen LogP contribution is 2.44. The topological polar surface area (TPSA) is 78.9 Å². The van der Waals surface area contributed by atoms with E-state index in [-0.39, 0.29) is 31.0 Å². The molecule has 1 fully saturated rings. The summed E-state index contributed by atoms with van der Waals surface area (Å²) in [5, 5.41) is 12.1. The Morgan fingerprint density at radius 2 is 1.56 bits per heavy atom. The number of amides is 2. The number of likely N-dealkylation sites (tertiary alicyclic amines) is 1. The fraction of sp³-hybridized carbons (Fsp3) is 0.286. The number of aliphatic hydroxyl groups is 1. The van der Waals surface area contributed by atoms with Gasteiger partial charge in [0.2, 0.25) is 0 Å². The van der Waals surface area contributed by atoms with Gasteiger partial charge in [0.15, 0.2) is 0 Å². The zero-order valence-electron chi connectivity index (χ0n) is 18.9. The van der Waals surface area contributed by atoms with E-state index in [1.165, 1.54) is 11.1 Å². The molecule has 3 aromatic rings. The van der Waals surface area contributed by atoms with Crippen molar-refractivity contribution in [1.82, 2.24) is 4.90 Å². The van der Waals surface area contributed by atoms with E-state index in [4.69, 9.17) is 4.74 Å². The van der Waals surface area contributed by atoms with Crippen LogP contribution in [0.2, 0.25) is 0 Å². The second-order valence-electron chi connectivity index (χ2n) is 8.95. The molecule has 34 heavy (non-hydrogen) atoms. The lowest BCUT2D eigenvalue weighted by atomic mass is 9.97. The maximum Gasteiger partial charge on any atom is 0.411 e. The van der Waals surface area contributed by atoms with Gasteiger partial charge in [-0.15, -0.1) is 0 Å². The van der Waals surface area contributed by atoms with E-state index in [1.54, 1.807) is 29.2 Å². The molecule has 0 bridgehead atoms. The van der Waals surface area contributed by atoms with Crippen molar-refractivity contribution < 1.29 is 19.4 Å². The van der Waals surface area contributed by atoms with Crippen molar-refractivity contribution in [3.8, 4) is 11.1 Å². The number of carbonyl (C=O) groups is 2. The second kappa shape index (κ2) is 9.69. The summed E-state index contributed by atoms with van der Waals surface area (Å²) in [6.07, 6.45) is 1.06. The van der Waals surface area contributed by atoms with Gasteiger partial charge in [0.05, 0.1) is 0 Å². The van der Waals surface area contributed by atoms with E-state index in [1.807, 2.05) is 24.3 Å². The normalized spacial score (nSPS) is 15.5. The fourth-order valence-corrected chi connectivity index (χ4v) is 4.98. The smallest absolute Gasteiger partial charge is 0.411 e. The van der Waals surface area contributed by atoms with Crippen molar-refractivity contribution in [3.63, 3.8) is 0 Å². The molecule has 2 amide bonds. The van der Waals surface area contributed by atoms with Gasteiger partial charge in [0.25, 0.3) is 5.91 Å². The van der Waals surface area contributed by atoms with Crippen LogP contribution in [0.15, 0.2) is 72.8 Å². The standard InChI is InChI=1S/C28H28N2O4/c31-17-19-12-14-30(15-13-19)27(32)20-6-5-7-21(16-20)29-28(33)34-18-26-24-10-3-1-8-22(24)23-9-2-4-11-25(23)26/h1-11,16,19,26,31H,12-15,17-18H2,(H,29,33). The molecule has 1 saturated heterocycles. The number of hydrogen-bond donors (Lipinski definition) is 2. The molecule has 0 unspecified atom stereocenters. The molecule has 6 nitrogen and oxygen atoms in total. The van der Waals surface area contributed by atoms with Crippen LogP contribution in [0, 0.1) is 5.92 Å². The number of nitrogens with one attached hydrogen (secondary N) is 1. The molecular formula is C28H28N2O4. The van der Waals surface area contributed by atoms with Crippen LogP contribution in [0.3, 0.4) is 0 Å². The molecule has 6 heteroatoms. The van der Waals surface area contributed by atoms with E-state index in [9.17, 15) is 14.7 Å². The monoisotopic (exact) mass is 456 g/mol. The molecule has 0 aromatic heterocycles. The van der Waals surface area contributed by atoms with Gasteiger partial charge in [-0.2, -0.15) is 0 Å². The van der Waals surface area contributed by atoms with Gasteiger partial charge in [-0.3, -0.25) is 10.1 Å². The number of piperidine rings is 1. The predicted octanol–water partition coefficient (Wildman–Crippen LogP) is 4.89. The van der Waals surface area contributed by atoms with Gasteiger partial charge < -0.3 is 14.7 Å². The third-order valence-electron chi connectivity index (χ3n) is 6.86. The largest absolute Gasteiger partial charge is 0.448 e. The molecule has 1 aliphatic heterocycles. The third-order valence-corrected chi connectivity index (χ3v) is 6.86. The maximum absolute atomic E-state index is 12.9. The first kappa shape index (κ1) is 22.2. The number of rotatable bonds is 5. The SMILES string of the molecule is O=C(Nc1cccc(C(=O)N2CCC(CO)CC2)c1)OCC1c2ccccc2-c2ccccc21. The summed E-state index contributed by atoms with van der Waals surface area (Å²) in [7, 11) is 0. The molecule has 174 valence electrons. The maximum atomic E-state index is 12.9. The zero-order valence-corrected chi connectivity index (χ0v) is 18.9. The first-order chi connectivity index (χ1) is 16.6. The molecule has 0 atom stereocenters. The van der Waals surface area contributed by atoms with Gasteiger partial charge in [0.1, 0.15) is 6.61 Å². The second-order valence-corrected chi connectivity index (χ2v) is 8.95. The number of fused-ring (bicyclic) bond motifs is 3. The summed E-state index contributed by atoms with van der Waals surface area (Å²) < 4.78 is 5.62. The lowest BCUT2D eigenvalue weighted by molar-refractivity contribution is 0.0651. The molecule has 2 N–H and O–H groups in total. The molecule has 0 radical (unpaired) electrons. The highest BCUT2D eigenvalue weighted by Gasteiger charge is 2.29. The Labute approximate surface area is 199 Å². The van der Waals surface area contributed by atoms with Crippen molar-refractivity contribution >= 4 is 17.7 Å². The van der Waals surface area contributed by atoms with Crippen molar-refractivity contribution in [1.29, 1.82) is 0 Å². The number of ether oxygens (including phenoxy) is 1. The summed E-state index contributed by atoms with van der Waals surface area (Å²) in [6.45, 7) is 1.67. The number of aliphatic hydroxyl groups excluding tert-OH is 1. The van der Waals surface area contributed by atoms with Gasteiger partial charge in [-0.05, 0) is 59.2 Å². The minimum Gasteiger partial charge on any atom is -0.448 e. The van der Waals surface area contributed by atoms with E-state index in [0.717, 1.165) is 24.0 Å². The van der Waals surface area contributed by atoms with Gasteiger partial charge in [0, 0.05) is 36.9 Å². The van der Waals surface area contributed by atoms with Crippen molar-refractivity contribution in [2.24, 2.45) is 5.92 Å². The Morgan fingerprint density at radius 1 is 0.912 bits per heavy atom. The number of nitrogens with zero attached hydrogens (tertiary/aromatic N) is 1. The first-order valence-corrected chi connectivity index (χ1v) is 11.8. The van der Waals surface area contributed by atoms with E-state index >= 15 is 0 Å². The summed E-state index contributed by atoms with van der Waals surface area (Å²) in [4.78, 5) is 27.3. The van der Waals surface area contributed by atoms with E-state index in [2.05, 4.69) is 29.6 Å². The Balaban J connectivity index is 1.22. The first-order valence-electron chi connectivity index (χ1n) is 11.8. The highest BCUT2D eigenvalue weighted by atomic mass is 16.5.